The number of hydrogen-bond acceptors (Lipinski definition) is 5. The van der Waals surface area contributed by atoms with E-state index < -0.39 is 17.3 Å². The first kappa shape index (κ1) is 28.5. The first-order valence-electron chi connectivity index (χ1n) is 15.4. The molecule has 7 rings (SSSR count). The molecule has 222 valence electrons. The van der Waals surface area contributed by atoms with E-state index in [1.54, 1.807) is 24.3 Å². The highest BCUT2D eigenvalue weighted by Gasteiger charge is 2.48. The lowest BCUT2D eigenvalue weighted by Crippen LogP contribution is -2.36. The average Bonchev–Trinajstić information content (AvgIpc) is 3.30. The lowest BCUT2D eigenvalue weighted by molar-refractivity contribution is -0.139. The van der Waals surface area contributed by atoms with E-state index in [0.29, 0.717) is 24.3 Å². The fourth-order valence-corrected chi connectivity index (χ4v) is 6.81. The summed E-state index contributed by atoms with van der Waals surface area (Å²) < 4.78 is 11.7. The Morgan fingerprint density at radius 1 is 0.600 bits per heavy atom. The molecule has 0 aliphatic heterocycles. The Labute approximate surface area is 262 Å². The molecule has 0 radical (unpaired) electrons. The van der Waals surface area contributed by atoms with Gasteiger partial charge in [0.1, 0.15) is 11.5 Å². The lowest BCUT2D eigenvalue weighted by Gasteiger charge is -2.36. The molecule has 6 aromatic rings. The van der Waals surface area contributed by atoms with Crippen molar-refractivity contribution in [3.05, 3.63) is 139 Å². The normalized spacial score (nSPS) is 16.5. The van der Waals surface area contributed by atoms with E-state index in [1.807, 2.05) is 80.6 Å². The van der Waals surface area contributed by atoms with Crippen LogP contribution >= 0.6 is 0 Å². The second-order valence-electron chi connectivity index (χ2n) is 12.1. The van der Waals surface area contributed by atoms with E-state index in [0.717, 1.165) is 44.1 Å². The number of para-hydroxylation sites is 3. The number of aromatic nitrogens is 1. The summed E-state index contributed by atoms with van der Waals surface area (Å²) in [5.74, 6) is -0.587. The lowest BCUT2D eigenvalue weighted by atomic mass is 9.67. The summed E-state index contributed by atoms with van der Waals surface area (Å²) >= 11 is 0. The summed E-state index contributed by atoms with van der Waals surface area (Å²) in [6, 6.07) is 41.3. The molecule has 2 unspecified atom stereocenters. The van der Waals surface area contributed by atoms with Gasteiger partial charge in [0.15, 0.2) is 0 Å². The van der Waals surface area contributed by atoms with Gasteiger partial charge in [-0.05, 0) is 83.3 Å². The van der Waals surface area contributed by atoms with Crippen LogP contribution in [0.3, 0.4) is 0 Å². The third-order valence-electron chi connectivity index (χ3n) is 8.93. The van der Waals surface area contributed by atoms with Gasteiger partial charge in [0, 0.05) is 16.4 Å². The molecule has 1 aromatic heterocycles. The molecule has 5 aromatic carbocycles. The highest BCUT2D eigenvalue weighted by Crippen LogP contribution is 2.56. The van der Waals surface area contributed by atoms with Crippen LogP contribution in [0.5, 0.6) is 11.5 Å². The molecule has 2 atom stereocenters. The second kappa shape index (κ2) is 11.7. The quantitative estimate of drug-likeness (QED) is 0.131. The highest BCUT2D eigenvalue weighted by molar-refractivity contribution is 5.95. The van der Waals surface area contributed by atoms with E-state index in [9.17, 15) is 9.59 Å². The van der Waals surface area contributed by atoms with Crippen molar-refractivity contribution in [2.45, 2.75) is 32.1 Å². The minimum absolute atomic E-state index is 0.315. The predicted molar refractivity (Wildman–Crippen MR) is 177 cm³/mol. The molecule has 45 heavy (non-hydrogen) atoms. The fraction of sp³-hybridized carbons (Fsp3) is 0.175. The molecule has 0 saturated heterocycles. The predicted octanol–water partition coefficient (Wildman–Crippen LogP) is 8.92. The maximum atomic E-state index is 13.6. The number of esters is 2. The van der Waals surface area contributed by atoms with Gasteiger partial charge in [-0.2, -0.15) is 0 Å². The fourth-order valence-electron chi connectivity index (χ4n) is 6.81. The Morgan fingerprint density at radius 2 is 1.07 bits per heavy atom. The van der Waals surface area contributed by atoms with Gasteiger partial charge in [0.2, 0.25) is 0 Å². The molecule has 0 spiro atoms. The van der Waals surface area contributed by atoms with Gasteiger partial charge in [0.05, 0.1) is 23.0 Å². The number of ether oxygens (including phenoxy) is 2. The average molecular weight is 592 g/mol. The van der Waals surface area contributed by atoms with Crippen LogP contribution in [-0.2, 0) is 15.0 Å². The Bertz CT molecular complexity index is 1890. The van der Waals surface area contributed by atoms with E-state index in [2.05, 4.69) is 36.4 Å². The largest absolute Gasteiger partial charge is 0.426 e. The van der Waals surface area contributed by atoms with E-state index in [1.165, 1.54) is 0 Å². The van der Waals surface area contributed by atoms with Crippen molar-refractivity contribution in [2.24, 2.45) is 11.8 Å². The first-order valence-corrected chi connectivity index (χ1v) is 15.4. The van der Waals surface area contributed by atoms with Crippen LogP contribution in [0, 0.1) is 11.8 Å². The van der Waals surface area contributed by atoms with Crippen LogP contribution in [0.1, 0.15) is 37.8 Å². The van der Waals surface area contributed by atoms with Crippen LogP contribution in [0.2, 0.25) is 0 Å². The molecular weight excluding hydrogens is 558 g/mol. The van der Waals surface area contributed by atoms with Crippen LogP contribution in [0.25, 0.3) is 32.9 Å². The number of carbonyl (C=O) groups excluding carboxylic acids is 2. The van der Waals surface area contributed by atoms with Crippen LogP contribution in [0.15, 0.2) is 127 Å². The molecule has 0 saturated carbocycles. The van der Waals surface area contributed by atoms with Gasteiger partial charge in [-0.3, -0.25) is 9.59 Å². The molecule has 0 amide bonds. The smallest absolute Gasteiger partial charge is 0.314 e. The minimum atomic E-state index is -0.712. The summed E-state index contributed by atoms with van der Waals surface area (Å²) in [6.07, 6.45) is 0.861. The van der Waals surface area contributed by atoms with Gasteiger partial charge in [-0.15, -0.1) is 0 Å². The van der Waals surface area contributed by atoms with Gasteiger partial charge in [0.25, 0.3) is 0 Å². The van der Waals surface area contributed by atoms with Crippen molar-refractivity contribution < 1.29 is 19.1 Å². The van der Waals surface area contributed by atoms with E-state index >= 15 is 0 Å². The third-order valence-corrected chi connectivity index (χ3v) is 8.93. The topological polar surface area (TPSA) is 65.5 Å². The summed E-state index contributed by atoms with van der Waals surface area (Å²) in [5.41, 5.74) is 4.20. The molecule has 1 aliphatic rings. The number of carbonyl (C=O) groups is 2. The second-order valence-corrected chi connectivity index (χ2v) is 12.1. The highest BCUT2D eigenvalue weighted by atomic mass is 16.5. The first-order chi connectivity index (χ1) is 21.9. The zero-order valence-corrected chi connectivity index (χ0v) is 25.3. The number of hydrogen-bond donors (Lipinski definition) is 0. The molecule has 1 heterocycles. The Hall–Kier alpha value is -5.29. The van der Waals surface area contributed by atoms with Crippen molar-refractivity contribution >= 4 is 33.6 Å². The molecular formula is C40H33NO4. The van der Waals surface area contributed by atoms with Crippen molar-refractivity contribution in [3.8, 4) is 22.8 Å². The van der Waals surface area contributed by atoms with E-state index in [-0.39, 0.29) is 11.9 Å². The minimum Gasteiger partial charge on any atom is -0.426 e. The van der Waals surface area contributed by atoms with E-state index in [4.69, 9.17) is 14.5 Å². The molecule has 0 bridgehead atoms. The van der Waals surface area contributed by atoms with Gasteiger partial charge in [-0.25, -0.2) is 4.98 Å². The number of benzene rings is 5. The van der Waals surface area contributed by atoms with Crippen LogP contribution in [-0.4, -0.2) is 16.9 Å². The number of rotatable bonds is 8. The Kier molecular flexibility index (Phi) is 7.38. The van der Waals surface area contributed by atoms with Gasteiger partial charge >= 0.3 is 11.9 Å². The Balaban J connectivity index is 1.38. The summed E-state index contributed by atoms with van der Waals surface area (Å²) in [7, 11) is 0. The van der Waals surface area contributed by atoms with Gasteiger partial charge in [-0.1, -0.05) is 92.7 Å². The zero-order chi connectivity index (χ0) is 31.0. The number of fused-ring (bicyclic) bond motifs is 5. The SMILES string of the molecule is CC(CC1(CC(C)C(=O)Oc2ccccc2)c2cc3ccccc3cc2-c2nc3ccccc3cc21)C(=O)Oc1ccccc1. The molecule has 5 heteroatoms. The molecule has 0 N–H and O–H groups in total. The van der Waals surface area contributed by atoms with Gasteiger partial charge < -0.3 is 9.47 Å². The van der Waals surface area contributed by atoms with Crippen LogP contribution < -0.4 is 9.47 Å². The van der Waals surface area contributed by atoms with Crippen molar-refractivity contribution in [1.29, 1.82) is 0 Å². The van der Waals surface area contributed by atoms with Crippen molar-refractivity contribution in [2.75, 3.05) is 0 Å². The molecule has 5 nitrogen and oxygen atoms in total. The number of nitrogens with zero attached hydrogens (tertiary/aromatic N) is 1. The maximum Gasteiger partial charge on any atom is 0.314 e. The summed E-state index contributed by atoms with van der Waals surface area (Å²) in [5, 5.41) is 3.22. The van der Waals surface area contributed by atoms with Crippen molar-refractivity contribution in [1.82, 2.24) is 4.98 Å². The number of pyridine rings is 1. The maximum absolute atomic E-state index is 13.6. The Morgan fingerprint density at radius 3 is 1.64 bits per heavy atom. The van der Waals surface area contributed by atoms with Crippen molar-refractivity contribution in [3.63, 3.8) is 0 Å². The molecule has 0 fully saturated rings. The summed E-state index contributed by atoms with van der Waals surface area (Å²) in [4.78, 5) is 32.5. The summed E-state index contributed by atoms with van der Waals surface area (Å²) in [6.45, 7) is 3.82. The third kappa shape index (κ3) is 5.35. The standard InChI is InChI=1S/C40H33NO4/c1-26(38(42)44-31-16-5-3-6-17-31)24-40(25-27(2)39(43)45-32-18-7-4-8-19-32)34-22-29-14-10-9-13-28(29)21-33(34)37-35(40)23-30-15-11-12-20-36(30)41-37/h3-23,26-27H,24-25H2,1-2H3. The zero-order valence-electron chi connectivity index (χ0n) is 25.3. The molecule has 1 aliphatic carbocycles. The monoisotopic (exact) mass is 591 g/mol. The van der Waals surface area contributed by atoms with Crippen LogP contribution in [0.4, 0.5) is 0 Å².